The standard InChI is InChI=1S/C13H13N3S/c1-9(13-3-2-6-17-13)16-12-7-10(8-14)4-5-11(12)15/h2-7,9,16H,15H2,1H3. The van der Waals surface area contributed by atoms with Gasteiger partial charge >= 0.3 is 0 Å². The minimum absolute atomic E-state index is 0.186. The van der Waals surface area contributed by atoms with Crippen molar-refractivity contribution in [1.82, 2.24) is 0 Å². The zero-order valence-electron chi connectivity index (χ0n) is 9.47. The highest BCUT2D eigenvalue weighted by Gasteiger charge is 2.08. The van der Waals surface area contributed by atoms with E-state index in [2.05, 4.69) is 24.4 Å². The van der Waals surface area contributed by atoms with Crippen molar-refractivity contribution in [2.45, 2.75) is 13.0 Å². The fourth-order valence-corrected chi connectivity index (χ4v) is 2.33. The fourth-order valence-electron chi connectivity index (χ4n) is 1.59. The van der Waals surface area contributed by atoms with Crippen LogP contribution in [-0.4, -0.2) is 0 Å². The van der Waals surface area contributed by atoms with E-state index in [-0.39, 0.29) is 6.04 Å². The normalized spacial score (nSPS) is 11.8. The Morgan fingerprint density at radius 3 is 2.88 bits per heavy atom. The predicted molar refractivity (Wildman–Crippen MR) is 71.9 cm³/mol. The second-order valence-electron chi connectivity index (χ2n) is 3.80. The van der Waals surface area contributed by atoms with Gasteiger partial charge in [0.15, 0.2) is 0 Å². The summed E-state index contributed by atoms with van der Waals surface area (Å²) in [6, 6.07) is 11.6. The van der Waals surface area contributed by atoms with Gasteiger partial charge in [-0.1, -0.05) is 6.07 Å². The molecule has 17 heavy (non-hydrogen) atoms. The minimum atomic E-state index is 0.186. The molecule has 86 valence electrons. The number of anilines is 2. The highest BCUT2D eigenvalue weighted by Crippen LogP contribution is 2.27. The lowest BCUT2D eigenvalue weighted by atomic mass is 10.1. The summed E-state index contributed by atoms with van der Waals surface area (Å²) in [7, 11) is 0. The molecular formula is C13H13N3S. The number of nitrogens with zero attached hydrogens (tertiary/aromatic N) is 1. The minimum Gasteiger partial charge on any atom is -0.397 e. The summed E-state index contributed by atoms with van der Waals surface area (Å²) in [6.45, 7) is 2.07. The van der Waals surface area contributed by atoms with Gasteiger partial charge in [0, 0.05) is 4.88 Å². The number of nitrogen functional groups attached to an aromatic ring is 1. The van der Waals surface area contributed by atoms with Crippen molar-refractivity contribution >= 4 is 22.7 Å². The average Bonchev–Trinajstić information content (AvgIpc) is 2.85. The van der Waals surface area contributed by atoms with Gasteiger partial charge in [0.2, 0.25) is 0 Å². The highest BCUT2D eigenvalue weighted by atomic mass is 32.1. The van der Waals surface area contributed by atoms with E-state index in [4.69, 9.17) is 11.0 Å². The zero-order valence-corrected chi connectivity index (χ0v) is 10.3. The van der Waals surface area contributed by atoms with Crippen LogP contribution in [-0.2, 0) is 0 Å². The van der Waals surface area contributed by atoms with E-state index in [0.717, 1.165) is 5.69 Å². The van der Waals surface area contributed by atoms with Crippen molar-refractivity contribution in [2.24, 2.45) is 0 Å². The Balaban J connectivity index is 2.21. The number of thiophene rings is 1. The van der Waals surface area contributed by atoms with Gasteiger partial charge in [-0.25, -0.2) is 0 Å². The molecule has 2 aromatic rings. The van der Waals surface area contributed by atoms with Gasteiger partial charge in [-0.05, 0) is 36.6 Å². The maximum Gasteiger partial charge on any atom is 0.0992 e. The first-order valence-electron chi connectivity index (χ1n) is 5.30. The lowest BCUT2D eigenvalue weighted by molar-refractivity contribution is 0.909. The molecule has 1 unspecified atom stereocenters. The monoisotopic (exact) mass is 243 g/mol. The van der Waals surface area contributed by atoms with Gasteiger partial charge in [-0.3, -0.25) is 0 Å². The SMILES string of the molecule is CC(Nc1cc(C#N)ccc1N)c1cccs1. The highest BCUT2D eigenvalue weighted by molar-refractivity contribution is 7.10. The van der Waals surface area contributed by atoms with E-state index in [1.54, 1.807) is 29.5 Å². The van der Waals surface area contributed by atoms with Crippen LogP contribution in [0.15, 0.2) is 35.7 Å². The van der Waals surface area contributed by atoms with Crippen molar-refractivity contribution in [3.63, 3.8) is 0 Å². The van der Waals surface area contributed by atoms with Crippen LogP contribution >= 0.6 is 11.3 Å². The van der Waals surface area contributed by atoms with Gasteiger partial charge in [-0.15, -0.1) is 11.3 Å². The van der Waals surface area contributed by atoms with Crippen LogP contribution in [0.3, 0.4) is 0 Å². The van der Waals surface area contributed by atoms with E-state index >= 15 is 0 Å². The molecule has 4 heteroatoms. The number of nitrogens with one attached hydrogen (secondary N) is 1. The zero-order chi connectivity index (χ0) is 12.3. The van der Waals surface area contributed by atoms with Gasteiger partial charge in [0.25, 0.3) is 0 Å². The predicted octanol–water partition coefficient (Wildman–Crippen LogP) is 3.38. The molecule has 1 heterocycles. The summed E-state index contributed by atoms with van der Waals surface area (Å²) in [5, 5.41) is 14.2. The number of nitriles is 1. The van der Waals surface area contributed by atoms with Crippen LogP contribution in [0.4, 0.5) is 11.4 Å². The second kappa shape index (κ2) is 4.89. The van der Waals surface area contributed by atoms with Crippen LogP contribution in [0, 0.1) is 11.3 Å². The van der Waals surface area contributed by atoms with E-state index in [0.29, 0.717) is 11.3 Å². The van der Waals surface area contributed by atoms with E-state index in [9.17, 15) is 0 Å². The molecule has 1 aromatic carbocycles. The Labute approximate surface area is 105 Å². The van der Waals surface area contributed by atoms with E-state index in [1.165, 1.54) is 4.88 Å². The molecule has 0 amide bonds. The fraction of sp³-hybridized carbons (Fsp3) is 0.154. The molecule has 3 N–H and O–H groups in total. The Kier molecular flexibility index (Phi) is 3.31. The first-order valence-corrected chi connectivity index (χ1v) is 6.18. The molecule has 0 radical (unpaired) electrons. The van der Waals surface area contributed by atoms with Gasteiger partial charge < -0.3 is 11.1 Å². The van der Waals surface area contributed by atoms with Crippen molar-refractivity contribution in [2.75, 3.05) is 11.1 Å². The smallest absolute Gasteiger partial charge is 0.0992 e. The third-order valence-electron chi connectivity index (χ3n) is 2.52. The Morgan fingerprint density at radius 2 is 2.24 bits per heavy atom. The Hall–Kier alpha value is -1.99. The quantitative estimate of drug-likeness (QED) is 0.812. The molecule has 1 aromatic heterocycles. The maximum absolute atomic E-state index is 8.85. The number of rotatable bonds is 3. The maximum atomic E-state index is 8.85. The average molecular weight is 243 g/mol. The second-order valence-corrected chi connectivity index (χ2v) is 4.77. The largest absolute Gasteiger partial charge is 0.397 e. The van der Waals surface area contributed by atoms with Crippen LogP contribution in [0.5, 0.6) is 0 Å². The van der Waals surface area contributed by atoms with Gasteiger partial charge in [0.05, 0.1) is 29.0 Å². The summed E-state index contributed by atoms with van der Waals surface area (Å²) < 4.78 is 0. The molecular weight excluding hydrogens is 230 g/mol. The molecule has 1 atom stereocenters. The molecule has 3 nitrogen and oxygen atoms in total. The van der Waals surface area contributed by atoms with Crippen molar-refractivity contribution in [3.05, 3.63) is 46.2 Å². The third kappa shape index (κ3) is 2.58. The number of hydrogen-bond donors (Lipinski definition) is 2. The van der Waals surface area contributed by atoms with Crippen molar-refractivity contribution < 1.29 is 0 Å². The first kappa shape index (κ1) is 11.5. The number of nitrogens with two attached hydrogens (primary N) is 1. The molecule has 0 bridgehead atoms. The van der Waals surface area contributed by atoms with E-state index in [1.807, 2.05) is 11.4 Å². The molecule has 0 saturated heterocycles. The van der Waals surface area contributed by atoms with E-state index < -0.39 is 0 Å². The van der Waals surface area contributed by atoms with Crippen molar-refractivity contribution in [1.29, 1.82) is 5.26 Å². The molecule has 0 fully saturated rings. The Bertz CT molecular complexity index is 540. The van der Waals surface area contributed by atoms with Crippen LogP contribution in [0.2, 0.25) is 0 Å². The summed E-state index contributed by atoms with van der Waals surface area (Å²) in [5.41, 5.74) is 7.96. The molecule has 0 aliphatic heterocycles. The van der Waals surface area contributed by atoms with Crippen molar-refractivity contribution in [3.8, 4) is 6.07 Å². The summed E-state index contributed by atoms with van der Waals surface area (Å²) >= 11 is 1.70. The third-order valence-corrected chi connectivity index (χ3v) is 3.58. The molecule has 2 rings (SSSR count). The van der Waals surface area contributed by atoms with Gasteiger partial charge in [-0.2, -0.15) is 5.26 Å². The lowest BCUT2D eigenvalue weighted by Gasteiger charge is -2.15. The van der Waals surface area contributed by atoms with Gasteiger partial charge in [0.1, 0.15) is 0 Å². The summed E-state index contributed by atoms with van der Waals surface area (Å²) in [6.07, 6.45) is 0. The molecule has 0 aliphatic carbocycles. The number of hydrogen-bond acceptors (Lipinski definition) is 4. The van der Waals surface area contributed by atoms with Crippen LogP contribution < -0.4 is 11.1 Å². The first-order chi connectivity index (χ1) is 8.20. The lowest BCUT2D eigenvalue weighted by Crippen LogP contribution is -2.07. The van der Waals surface area contributed by atoms with Crippen LogP contribution in [0.25, 0.3) is 0 Å². The summed E-state index contributed by atoms with van der Waals surface area (Å²) in [5.74, 6) is 0. The number of benzene rings is 1. The topological polar surface area (TPSA) is 61.8 Å². The molecule has 0 aliphatic rings. The van der Waals surface area contributed by atoms with Crippen LogP contribution in [0.1, 0.15) is 23.4 Å². The Morgan fingerprint density at radius 1 is 1.41 bits per heavy atom. The molecule has 0 spiro atoms. The summed E-state index contributed by atoms with van der Waals surface area (Å²) in [4.78, 5) is 1.24. The molecule has 0 saturated carbocycles.